The first kappa shape index (κ1) is 11.6. The minimum atomic E-state index is 0.0837. The monoisotopic (exact) mass is 273 g/mol. The summed E-state index contributed by atoms with van der Waals surface area (Å²) in [6, 6.07) is 7.92. The maximum atomic E-state index is 11.1. The van der Waals surface area contributed by atoms with Gasteiger partial charge in [0.2, 0.25) is 5.91 Å². The molecular formula is C10H12BrNOS. The first-order chi connectivity index (χ1) is 6.72. The van der Waals surface area contributed by atoms with Gasteiger partial charge in [-0.05, 0) is 24.0 Å². The minimum absolute atomic E-state index is 0.0837. The second-order valence-electron chi connectivity index (χ2n) is 2.84. The first-order valence-corrected chi connectivity index (χ1v) is 6.41. The molecule has 0 heterocycles. The van der Waals surface area contributed by atoms with E-state index in [1.165, 1.54) is 11.8 Å². The molecule has 0 saturated carbocycles. The van der Waals surface area contributed by atoms with E-state index in [0.717, 1.165) is 10.0 Å². The van der Waals surface area contributed by atoms with Gasteiger partial charge in [-0.3, -0.25) is 4.79 Å². The molecule has 0 unspecified atom stereocenters. The highest BCUT2D eigenvalue weighted by atomic mass is 79.9. The number of hydrogen-bond acceptors (Lipinski definition) is 2. The number of hydrogen-bond donors (Lipinski definition) is 1. The Morgan fingerprint density at radius 3 is 2.64 bits per heavy atom. The van der Waals surface area contributed by atoms with Gasteiger partial charge in [-0.1, -0.05) is 28.1 Å². The van der Waals surface area contributed by atoms with Gasteiger partial charge in [-0.25, -0.2) is 0 Å². The minimum Gasteiger partial charge on any atom is -0.351 e. The summed E-state index contributed by atoms with van der Waals surface area (Å²) in [7, 11) is 0. The van der Waals surface area contributed by atoms with Crippen LogP contribution in [0.25, 0.3) is 0 Å². The van der Waals surface area contributed by atoms with Crippen molar-refractivity contribution < 1.29 is 4.79 Å². The van der Waals surface area contributed by atoms with Gasteiger partial charge in [-0.15, -0.1) is 0 Å². The summed E-state index contributed by atoms with van der Waals surface area (Å²) in [5.41, 5.74) is 1.11. The average molecular weight is 274 g/mol. The number of carbonyl (C=O) groups is 1. The van der Waals surface area contributed by atoms with Crippen molar-refractivity contribution in [1.29, 1.82) is 0 Å². The largest absolute Gasteiger partial charge is 0.351 e. The normalized spacial score (nSPS) is 9.86. The van der Waals surface area contributed by atoms with Gasteiger partial charge in [0.05, 0.1) is 5.75 Å². The van der Waals surface area contributed by atoms with E-state index in [4.69, 9.17) is 0 Å². The van der Waals surface area contributed by atoms with Crippen molar-refractivity contribution in [2.24, 2.45) is 0 Å². The molecule has 0 aliphatic rings. The number of nitrogens with one attached hydrogen (secondary N) is 1. The molecule has 4 heteroatoms. The topological polar surface area (TPSA) is 29.1 Å². The summed E-state index contributed by atoms with van der Waals surface area (Å²) >= 11 is 4.89. The maximum Gasteiger partial charge on any atom is 0.230 e. The molecule has 1 N–H and O–H groups in total. The zero-order valence-electron chi connectivity index (χ0n) is 7.92. The van der Waals surface area contributed by atoms with Crippen LogP contribution in [0, 0.1) is 0 Å². The van der Waals surface area contributed by atoms with Crippen LogP contribution in [0.1, 0.15) is 5.56 Å². The highest BCUT2D eigenvalue weighted by Crippen LogP contribution is 2.10. The molecule has 0 spiro atoms. The smallest absolute Gasteiger partial charge is 0.230 e. The highest BCUT2D eigenvalue weighted by Gasteiger charge is 1.98. The summed E-state index contributed by atoms with van der Waals surface area (Å²) in [6.45, 7) is 0.604. The van der Waals surface area contributed by atoms with Crippen molar-refractivity contribution in [2.45, 2.75) is 6.54 Å². The molecule has 0 bridgehead atoms. The Morgan fingerprint density at radius 2 is 2.07 bits per heavy atom. The molecule has 0 aliphatic carbocycles. The summed E-state index contributed by atoms with van der Waals surface area (Å²) < 4.78 is 1.05. The van der Waals surface area contributed by atoms with E-state index < -0.39 is 0 Å². The van der Waals surface area contributed by atoms with Gasteiger partial charge in [0.15, 0.2) is 0 Å². The molecular weight excluding hydrogens is 262 g/mol. The highest BCUT2D eigenvalue weighted by molar-refractivity contribution is 9.10. The van der Waals surface area contributed by atoms with Crippen molar-refractivity contribution in [3.63, 3.8) is 0 Å². The Balaban J connectivity index is 2.38. The molecule has 1 amide bonds. The Labute approximate surface area is 96.6 Å². The van der Waals surface area contributed by atoms with Gasteiger partial charge >= 0.3 is 0 Å². The van der Waals surface area contributed by atoms with Crippen LogP contribution in [-0.2, 0) is 11.3 Å². The first-order valence-electron chi connectivity index (χ1n) is 4.22. The van der Waals surface area contributed by atoms with Crippen molar-refractivity contribution in [3.8, 4) is 0 Å². The van der Waals surface area contributed by atoms with Crippen molar-refractivity contribution in [3.05, 3.63) is 34.3 Å². The number of benzene rings is 1. The molecule has 0 aromatic heterocycles. The van der Waals surface area contributed by atoms with E-state index >= 15 is 0 Å². The van der Waals surface area contributed by atoms with Crippen LogP contribution in [-0.4, -0.2) is 17.9 Å². The van der Waals surface area contributed by atoms with Crippen LogP contribution in [0.15, 0.2) is 28.7 Å². The van der Waals surface area contributed by atoms with Crippen molar-refractivity contribution >= 4 is 33.6 Å². The lowest BCUT2D eigenvalue weighted by Gasteiger charge is -2.03. The third-order valence-electron chi connectivity index (χ3n) is 1.68. The molecule has 76 valence electrons. The Kier molecular flexibility index (Phi) is 5.04. The number of rotatable bonds is 4. The fourth-order valence-corrected chi connectivity index (χ4v) is 1.61. The van der Waals surface area contributed by atoms with Gasteiger partial charge in [0, 0.05) is 11.0 Å². The number of thioether (sulfide) groups is 1. The zero-order chi connectivity index (χ0) is 10.4. The number of amides is 1. The van der Waals surface area contributed by atoms with Crippen LogP contribution in [0.3, 0.4) is 0 Å². The quantitative estimate of drug-likeness (QED) is 0.913. The predicted molar refractivity (Wildman–Crippen MR) is 64.4 cm³/mol. The fraction of sp³-hybridized carbons (Fsp3) is 0.300. The Morgan fingerprint density at radius 1 is 1.43 bits per heavy atom. The SMILES string of the molecule is CSCC(=O)NCc1ccc(Br)cc1. The Hall–Kier alpha value is -0.480. The van der Waals surface area contributed by atoms with Gasteiger partial charge in [0.25, 0.3) is 0 Å². The summed E-state index contributed by atoms with van der Waals surface area (Å²) in [5.74, 6) is 0.608. The average Bonchev–Trinajstić information content (AvgIpc) is 2.17. The van der Waals surface area contributed by atoms with E-state index in [2.05, 4.69) is 21.2 Å². The van der Waals surface area contributed by atoms with Crippen LogP contribution < -0.4 is 5.32 Å². The molecule has 1 aromatic carbocycles. The lowest BCUT2D eigenvalue weighted by Crippen LogP contribution is -2.24. The molecule has 0 fully saturated rings. The zero-order valence-corrected chi connectivity index (χ0v) is 10.3. The standard InChI is InChI=1S/C10H12BrNOS/c1-14-7-10(13)12-6-8-2-4-9(11)5-3-8/h2-5H,6-7H2,1H3,(H,12,13). The summed E-state index contributed by atoms with van der Waals surface area (Å²) in [6.07, 6.45) is 1.92. The van der Waals surface area contributed by atoms with Crippen molar-refractivity contribution in [1.82, 2.24) is 5.32 Å². The molecule has 2 nitrogen and oxygen atoms in total. The van der Waals surface area contributed by atoms with E-state index in [9.17, 15) is 4.79 Å². The summed E-state index contributed by atoms with van der Waals surface area (Å²) in [4.78, 5) is 11.1. The molecule has 0 radical (unpaired) electrons. The molecule has 14 heavy (non-hydrogen) atoms. The molecule has 1 rings (SSSR count). The van der Waals surface area contributed by atoms with Crippen LogP contribution >= 0.6 is 27.7 Å². The Bertz CT molecular complexity index is 299. The van der Waals surface area contributed by atoms with Crippen LogP contribution in [0.4, 0.5) is 0 Å². The third-order valence-corrected chi connectivity index (χ3v) is 2.76. The fourth-order valence-electron chi connectivity index (χ4n) is 0.985. The lowest BCUT2D eigenvalue weighted by molar-refractivity contribution is -0.118. The molecule has 0 aliphatic heterocycles. The third kappa shape index (κ3) is 4.15. The maximum absolute atomic E-state index is 11.1. The van der Waals surface area contributed by atoms with Crippen LogP contribution in [0.2, 0.25) is 0 Å². The lowest BCUT2D eigenvalue weighted by atomic mass is 10.2. The van der Waals surface area contributed by atoms with E-state index in [0.29, 0.717) is 12.3 Å². The second-order valence-corrected chi connectivity index (χ2v) is 4.62. The summed E-state index contributed by atoms with van der Waals surface area (Å²) in [5, 5.41) is 2.84. The van der Waals surface area contributed by atoms with E-state index in [-0.39, 0.29) is 5.91 Å². The molecule has 1 aromatic rings. The predicted octanol–water partition coefficient (Wildman–Crippen LogP) is 2.43. The van der Waals surface area contributed by atoms with E-state index in [1.54, 1.807) is 0 Å². The van der Waals surface area contributed by atoms with Crippen LogP contribution in [0.5, 0.6) is 0 Å². The second kappa shape index (κ2) is 6.09. The van der Waals surface area contributed by atoms with E-state index in [1.807, 2.05) is 30.5 Å². The molecule has 0 saturated heterocycles. The van der Waals surface area contributed by atoms with Gasteiger partial charge in [0.1, 0.15) is 0 Å². The number of halogens is 1. The van der Waals surface area contributed by atoms with Gasteiger partial charge in [-0.2, -0.15) is 11.8 Å². The molecule has 0 atom stereocenters. The van der Waals surface area contributed by atoms with Crippen molar-refractivity contribution in [2.75, 3.05) is 12.0 Å². The number of carbonyl (C=O) groups excluding carboxylic acids is 1. The van der Waals surface area contributed by atoms with Gasteiger partial charge < -0.3 is 5.32 Å².